The lowest BCUT2D eigenvalue weighted by atomic mass is 9.74. The SMILES string of the molecule is CCCS(=O)(=O)N1CCCC1C(=O)NCC1(c2ccc3c(c2)OCO3)CCOCC1. The van der Waals surface area contributed by atoms with Crippen LogP contribution >= 0.6 is 0 Å². The lowest BCUT2D eigenvalue weighted by Crippen LogP contribution is -2.51. The molecule has 3 aliphatic rings. The van der Waals surface area contributed by atoms with Crippen molar-refractivity contribution in [2.24, 2.45) is 0 Å². The highest BCUT2D eigenvalue weighted by Gasteiger charge is 2.40. The lowest BCUT2D eigenvalue weighted by molar-refractivity contribution is -0.124. The van der Waals surface area contributed by atoms with Gasteiger partial charge in [0.15, 0.2) is 11.5 Å². The van der Waals surface area contributed by atoms with Crippen LogP contribution in [0.5, 0.6) is 11.5 Å². The van der Waals surface area contributed by atoms with Gasteiger partial charge in [-0.2, -0.15) is 4.31 Å². The predicted molar refractivity (Wildman–Crippen MR) is 111 cm³/mol. The summed E-state index contributed by atoms with van der Waals surface area (Å²) in [5, 5.41) is 3.07. The fourth-order valence-electron chi connectivity index (χ4n) is 4.64. The van der Waals surface area contributed by atoms with E-state index in [0.717, 1.165) is 29.9 Å². The minimum atomic E-state index is -3.40. The van der Waals surface area contributed by atoms with Crippen LogP contribution in [0.1, 0.15) is 44.6 Å². The number of rotatable bonds is 7. The molecular formula is C21H30N2O6S. The molecule has 8 nitrogen and oxygen atoms in total. The third-order valence-electron chi connectivity index (χ3n) is 6.36. The Labute approximate surface area is 177 Å². The van der Waals surface area contributed by atoms with E-state index in [-0.39, 0.29) is 23.9 Å². The zero-order valence-corrected chi connectivity index (χ0v) is 18.2. The fraction of sp³-hybridized carbons (Fsp3) is 0.667. The van der Waals surface area contributed by atoms with Gasteiger partial charge in [-0.05, 0) is 49.8 Å². The minimum Gasteiger partial charge on any atom is -0.454 e. The van der Waals surface area contributed by atoms with E-state index in [2.05, 4.69) is 5.32 Å². The molecule has 3 aliphatic heterocycles. The third kappa shape index (κ3) is 4.15. The number of hydrogen-bond donors (Lipinski definition) is 1. The summed E-state index contributed by atoms with van der Waals surface area (Å²) in [7, 11) is -3.40. The van der Waals surface area contributed by atoms with Crippen molar-refractivity contribution in [1.82, 2.24) is 9.62 Å². The highest BCUT2D eigenvalue weighted by atomic mass is 32.2. The van der Waals surface area contributed by atoms with E-state index in [1.807, 2.05) is 25.1 Å². The van der Waals surface area contributed by atoms with Gasteiger partial charge in [0, 0.05) is 31.7 Å². The van der Waals surface area contributed by atoms with Crippen LogP contribution in [0.15, 0.2) is 18.2 Å². The molecule has 3 heterocycles. The van der Waals surface area contributed by atoms with Gasteiger partial charge < -0.3 is 19.5 Å². The van der Waals surface area contributed by atoms with E-state index in [1.54, 1.807) is 0 Å². The molecule has 2 saturated heterocycles. The first-order chi connectivity index (χ1) is 14.5. The number of amides is 1. The lowest BCUT2D eigenvalue weighted by Gasteiger charge is -2.38. The van der Waals surface area contributed by atoms with Crippen LogP contribution in [0.4, 0.5) is 0 Å². The summed E-state index contributed by atoms with van der Waals surface area (Å²) < 4.78 is 43.0. The number of benzene rings is 1. The molecule has 0 radical (unpaired) electrons. The summed E-state index contributed by atoms with van der Waals surface area (Å²) in [6, 6.07) is 5.31. The van der Waals surface area contributed by atoms with Crippen LogP contribution in [-0.2, 0) is 25.0 Å². The van der Waals surface area contributed by atoms with Gasteiger partial charge in [0.2, 0.25) is 22.7 Å². The zero-order chi connectivity index (χ0) is 21.2. The number of nitrogens with zero attached hydrogens (tertiary/aromatic N) is 1. The van der Waals surface area contributed by atoms with Gasteiger partial charge in [-0.3, -0.25) is 4.79 Å². The maximum Gasteiger partial charge on any atom is 0.238 e. The Morgan fingerprint density at radius 3 is 2.77 bits per heavy atom. The summed E-state index contributed by atoms with van der Waals surface area (Å²) in [6.45, 7) is 4.14. The Kier molecular flexibility index (Phi) is 6.22. The second-order valence-corrected chi connectivity index (χ2v) is 10.3. The summed E-state index contributed by atoms with van der Waals surface area (Å²) in [5.74, 6) is 1.32. The van der Waals surface area contributed by atoms with Crippen LogP contribution in [-0.4, -0.2) is 63.5 Å². The Bertz CT molecular complexity index is 881. The molecule has 0 saturated carbocycles. The van der Waals surface area contributed by atoms with Gasteiger partial charge in [-0.25, -0.2) is 8.42 Å². The molecule has 1 N–H and O–H groups in total. The molecule has 2 fully saturated rings. The predicted octanol–water partition coefficient (Wildman–Crippen LogP) is 1.78. The molecule has 1 atom stereocenters. The first-order valence-corrected chi connectivity index (χ1v) is 12.3. The van der Waals surface area contributed by atoms with Crippen LogP contribution in [0.2, 0.25) is 0 Å². The molecular weight excluding hydrogens is 408 g/mol. The van der Waals surface area contributed by atoms with Crippen LogP contribution in [0.3, 0.4) is 0 Å². The van der Waals surface area contributed by atoms with Gasteiger partial charge >= 0.3 is 0 Å². The Morgan fingerprint density at radius 2 is 2.00 bits per heavy atom. The number of carbonyl (C=O) groups is 1. The first kappa shape index (κ1) is 21.4. The van der Waals surface area contributed by atoms with Crippen molar-refractivity contribution in [1.29, 1.82) is 0 Å². The molecule has 30 heavy (non-hydrogen) atoms. The van der Waals surface area contributed by atoms with Crippen LogP contribution in [0.25, 0.3) is 0 Å². The highest BCUT2D eigenvalue weighted by Crippen LogP contribution is 2.40. The van der Waals surface area contributed by atoms with Crippen molar-refractivity contribution in [2.45, 2.75) is 50.5 Å². The second-order valence-electron chi connectivity index (χ2n) is 8.26. The molecule has 4 rings (SSSR count). The molecule has 1 aromatic carbocycles. The number of nitrogens with one attached hydrogen (secondary N) is 1. The van der Waals surface area contributed by atoms with Gasteiger partial charge in [-0.15, -0.1) is 0 Å². The molecule has 0 aromatic heterocycles. The van der Waals surface area contributed by atoms with Gasteiger partial charge in [0.25, 0.3) is 0 Å². The quantitative estimate of drug-likeness (QED) is 0.698. The van der Waals surface area contributed by atoms with E-state index in [0.29, 0.717) is 45.6 Å². The van der Waals surface area contributed by atoms with Crippen molar-refractivity contribution in [3.05, 3.63) is 23.8 Å². The van der Waals surface area contributed by atoms with E-state index < -0.39 is 16.1 Å². The number of ether oxygens (including phenoxy) is 3. The smallest absolute Gasteiger partial charge is 0.238 e. The summed E-state index contributed by atoms with van der Waals surface area (Å²) >= 11 is 0. The van der Waals surface area contributed by atoms with E-state index in [9.17, 15) is 13.2 Å². The highest BCUT2D eigenvalue weighted by molar-refractivity contribution is 7.89. The average molecular weight is 439 g/mol. The Balaban J connectivity index is 1.50. The molecule has 1 unspecified atom stereocenters. The molecule has 0 bridgehead atoms. The van der Waals surface area contributed by atoms with E-state index in [1.165, 1.54) is 4.31 Å². The van der Waals surface area contributed by atoms with Crippen molar-refractivity contribution >= 4 is 15.9 Å². The monoisotopic (exact) mass is 438 g/mol. The average Bonchev–Trinajstić information content (AvgIpc) is 3.42. The standard InChI is InChI=1S/C21H30N2O6S/c1-2-12-30(25,26)23-9-3-4-17(23)20(24)22-14-21(7-10-27-11-8-21)16-5-6-18-19(13-16)29-15-28-18/h5-6,13,17H,2-4,7-12,14-15H2,1H3,(H,22,24). The third-order valence-corrected chi connectivity index (χ3v) is 8.44. The summed E-state index contributed by atoms with van der Waals surface area (Å²) in [4.78, 5) is 13.0. The Morgan fingerprint density at radius 1 is 1.23 bits per heavy atom. The van der Waals surface area contributed by atoms with Gasteiger partial charge in [0.05, 0.1) is 5.75 Å². The zero-order valence-electron chi connectivity index (χ0n) is 17.4. The maximum atomic E-state index is 13.0. The number of sulfonamides is 1. The molecule has 1 amide bonds. The maximum absolute atomic E-state index is 13.0. The molecule has 0 spiro atoms. The summed E-state index contributed by atoms with van der Waals surface area (Å²) in [5.41, 5.74) is 0.804. The van der Waals surface area contributed by atoms with Crippen molar-refractivity contribution in [2.75, 3.05) is 38.8 Å². The summed E-state index contributed by atoms with van der Waals surface area (Å²) in [6.07, 6.45) is 3.36. The molecule has 0 aliphatic carbocycles. The second kappa shape index (κ2) is 8.72. The van der Waals surface area contributed by atoms with Gasteiger partial charge in [-0.1, -0.05) is 13.0 Å². The van der Waals surface area contributed by atoms with Crippen LogP contribution in [0, 0.1) is 0 Å². The number of fused-ring (bicyclic) bond motifs is 1. The largest absolute Gasteiger partial charge is 0.454 e. The molecule has 9 heteroatoms. The normalized spacial score (nSPS) is 23.4. The first-order valence-electron chi connectivity index (χ1n) is 10.7. The van der Waals surface area contributed by atoms with Crippen LogP contribution < -0.4 is 14.8 Å². The molecule has 166 valence electrons. The van der Waals surface area contributed by atoms with Crippen molar-refractivity contribution in [3.63, 3.8) is 0 Å². The topological polar surface area (TPSA) is 94.2 Å². The number of carbonyl (C=O) groups excluding carboxylic acids is 1. The Hall–Kier alpha value is -1.84. The molecule has 1 aromatic rings. The van der Waals surface area contributed by atoms with Crippen molar-refractivity contribution < 1.29 is 27.4 Å². The van der Waals surface area contributed by atoms with Crippen molar-refractivity contribution in [3.8, 4) is 11.5 Å². The van der Waals surface area contributed by atoms with Gasteiger partial charge in [0.1, 0.15) is 6.04 Å². The van der Waals surface area contributed by atoms with E-state index >= 15 is 0 Å². The minimum absolute atomic E-state index is 0.0786. The fourth-order valence-corrected chi connectivity index (χ4v) is 6.39. The van der Waals surface area contributed by atoms with E-state index in [4.69, 9.17) is 14.2 Å². The number of hydrogen-bond acceptors (Lipinski definition) is 6.